The van der Waals surface area contributed by atoms with Gasteiger partial charge in [0.25, 0.3) is 0 Å². The zero-order valence-electron chi connectivity index (χ0n) is 11.3. The van der Waals surface area contributed by atoms with E-state index in [1.165, 1.54) is 0 Å². The molecule has 0 radical (unpaired) electrons. The van der Waals surface area contributed by atoms with Gasteiger partial charge in [0.2, 0.25) is 0 Å². The number of rotatable bonds is 6. The predicted octanol–water partition coefficient (Wildman–Crippen LogP) is 2.05. The maximum absolute atomic E-state index is 10.5. The van der Waals surface area contributed by atoms with Crippen LogP contribution in [-0.4, -0.2) is 36.1 Å². The van der Waals surface area contributed by atoms with E-state index in [0.717, 1.165) is 12.8 Å². The van der Waals surface area contributed by atoms with Crippen LogP contribution in [0.5, 0.6) is 5.75 Å². The molecule has 2 N–H and O–H groups in total. The Kier molecular flexibility index (Phi) is 4.80. The maximum atomic E-state index is 10.5. The molecule has 1 aliphatic carbocycles. The highest BCUT2D eigenvalue weighted by Gasteiger charge is 2.40. The lowest BCUT2D eigenvalue weighted by Crippen LogP contribution is -2.33. The fraction of sp³-hybridized carbons (Fsp3) is 0.600. The number of ether oxygens (including phenoxy) is 2. The van der Waals surface area contributed by atoms with Gasteiger partial charge in [0.05, 0.1) is 12.2 Å². The van der Waals surface area contributed by atoms with Crippen molar-refractivity contribution in [1.82, 2.24) is 0 Å². The molecule has 4 heteroatoms. The Morgan fingerprint density at radius 2 is 1.89 bits per heavy atom. The molecule has 1 aromatic carbocycles. The van der Waals surface area contributed by atoms with Crippen LogP contribution >= 0.6 is 0 Å². The van der Waals surface area contributed by atoms with E-state index in [1.807, 2.05) is 24.3 Å². The lowest BCUT2D eigenvalue weighted by Gasteiger charge is -2.29. The minimum atomic E-state index is -1.01. The van der Waals surface area contributed by atoms with Gasteiger partial charge in [0, 0.05) is 12.7 Å². The second-order valence-electron chi connectivity index (χ2n) is 5.09. The molecule has 1 unspecified atom stereocenters. The first-order valence-corrected chi connectivity index (χ1v) is 6.78. The molecule has 1 saturated carbocycles. The van der Waals surface area contributed by atoms with Crippen LogP contribution in [0, 0.1) is 0 Å². The average molecular weight is 266 g/mol. The normalized spacial score (nSPS) is 19.3. The minimum absolute atomic E-state index is 0.429. The van der Waals surface area contributed by atoms with Crippen LogP contribution in [0.2, 0.25) is 0 Å². The molecule has 2 rings (SSSR count). The van der Waals surface area contributed by atoms with Crippen molar-refractivity contribution in [3.8, 4) is 5.75 Å². The largest absolute Gasteiger partial charge is 0.491 e. The Balaban J connectivity index is 2.14. The lowest BCUT2D eigenvalue weighted by atomic mass is 9.89. The lowest BCUT2D eigenvalue weighted by molar-refractivity contribution is -0.0729. The molecule has 0 aromatic heterocycles. The molecule has 0 heterocycles. The zero-order chi connectivity index (χ0) is 13.7. The highest BCUT2D eigenvalue weighted by Crippen LogP contribution is 2.42. The van der Waals surface area contributed by atoms with Crippen molar-refractivity contribution in [2.75, 3.05) is 20.3 Å². The summed E-state index contributed by atoms with van der Waals surface area (Å²) in [6.07, 6.45) is 2.30. The maximum Gasteiger partial charge on any atom is 0.125 e. The van der Waals surface area contributed by atoms with Crippen molar-refractivity contribution in [2.24, 2.45) is 0 Å². The summed E-state index contributed by atoms with van der Waals surface area (Å²) in [6, 6.07) is 7.33. The second kappa shape index (κ2) is 6.37. The Bertz CT molecular complexity index is 399. The van der Waals surface area contributed by atoms with Crippen molar-refractivity contribution in [1.29, 1.82) is 0 Å². The van der Waals surface area contributed by atoms with E-state index in [1.54, 1.807) is 7.11 Å². The topological polar surface area (TPSA) is 58.9 Å². The molecule has 4 nitrogen and oxygen atoms in total. The van der Waals surface area contributed by atoms with Gasteiger partial charge in [-0.2, -0.15) is 0 Å². The number of methoxy groups -OCH3 is 1. The third-order valence-electron chi connectivity index (χ3n) is 3.74. The highest BCUT2D eigenvalue weighted by atomic mass is 16.5. The van der Waals surface area contributed by atoms with Crippen LogP contribution in [-0.2, 0) is 4.74 Å². The van der Waals surface area contributed by atoms with E-state index in [2.05, 4.69) is 0 Å². The van der Waals surface area contributed by atoms with E-state index in [9.17, 15) is 10.2 Å². The van der Waals surface area contributed by atoms with Crippen molar-refractivity contribution in [3.63, 3.8) is 0 Å². The van der Waals surface area contributed by atoms with Crippen molar-refractivity contribution >= 4 is 0 Å². The monoisotopic (exact) mass is 266 g/mol. The first-order valence-electron chi connectivity index (χ1n) is 6.78. The fourth-order valence-corrected chi connectivity index (χ4v) is 2.62. The van der Waals surface area contributed by atoms with E-state index < -0.39 is 11.7 Å². The molecule has 0 amide bonds. The fourth-order valence-electron chi connectivity index (χ4n) is 2.62. The average Bonchev–Trinajstić information content (AvgIpc) is 2.87. The van der Waals surface area contributed by atoms with Crippen LogP contribution in [0.3, 0.4) is 0 Å². The molecule has 19 heavy (non-hydrogen) atoms. The standard InChI is InChI=1S/C15H22O4/c1-18-10-11-19-13-7-3-2-6-12(13)14(16)15(17)8-4-5-9-15/h2-3,6-7,14,16-17H,4-5,8-11H2,1H3. The first-order chi connectivity index (χ1) is 9.17. The zero-order valence-corrected chi connectivity index (χ0v) is 11.3. The summed E-state index contributed by atoms with van der Waals surface area (Å²) in [5.41, 5.74) is -0.358. The van der Waals surface area contributed by atoms with Gasteiger partial charge in [-0.05, 0) is 18.9 Å². The summed E-state index contributed by atoms with van der Waals surface area (Å²) in [5, 5.41) is 20.9. The van der Waals surface area contributed by atoms with E-state index in [0.29, 0.717) is 37.4 Å². The van der Waals surface area contributed by atoms with Gasteiger partial charge in [-0.3, -0.25) is 0 Å². The van der Waals surface area contributed by atoms with Crippen LogP contribution in [0.15, 0.2) is 24.3 Å². The van der Waals surface area contributed by atoms with Crippen molar-refractivity contribution in [2.45, 2.75) is 37.4 Å². The minimum Gasteiger partial charge on any atom is -0.491 e. The molecule has 106 valence electrons. The van der Waals surface area contributed by atoms with Gasteiger partial charge >= 0.3 is 0 Å². The van der Waals surface area contributed by atoms with Crippen LogP contribution in [0.4, 0.5) is 0 Å². The Morgan fingerprint density at radius 1 is 1.21 bits per heavy atom. The Hall–Kier alpha value is -1.10. The molecule has 1 atom stereocenters. The van der Waals surface area contributed by atoms with Gasteiger partial charge in [0.15, 0.2) is 0 Å². The van der Waals surface area contributed by atoms with E-state index in [-0.39, 0.29) is 0 Å². The quantitative estimate of drug-likeness (QED) is 0.774. The number of aliphatic hydroxyl groups is 2. The van der Waals surface area contributed by atoms with E-state index >= 15 is 0 Å². The number of hydrogen-bond donors (Lipinski definition) is 2. The third-order valence-corrected chi connectivity index (χ3v) is 3.74. The Morgan fingerprint density at radius 3 is 2.58 bits per heavy atom. The molecular formula is C15H22O4. The molecule has 0 saturated heterocycles. The van der Waals surface area contributed by atoms with Crippen LogP contribution in [0.1, 0.15) is 37.4 Å². The molecule has 1 aliphatic rings. The summed E-state index contributed by atoms with van der Waals surface area (Å²) in [7, 11) is 1.62. The van der Waals surface area contributed by atoms with Gasteiger partial charge in [-0.15, -0.1) is 0 Å². The molecule has 1 fully saturated rings. The molecular weight excluding hydrogens is 244 g/mol. The van der Waals surface area contributed by atoms with Gasteiger partial charge in [0.1, 0.15) is 18.5 Å². The summed E-state index contributed by atoms with van der Waals surface area (Å²) in [4.78, 5) is 0. The summed E-state index contributed by atoms with van der Waals surface area (Å²) < 4.78 is 10.6. The molecule has 0 spiro atoms. The summed E-state index contributed by atoms with van der Waals surface area (Å²) in [5.74, 6) is 0.618. The predicted molar refractivity (Wildman–Crippen MR) is 72.2 cm³/mol. The SMILES string of the molecule is COCCOc1ccccc1C(O)C1(O)CCCC1. The van der Waals surface area contributed by atoms with Gasteiger partial charge in [-0.1, -0.05) is 31.0 Å². The van der Waals surface area contributed by atoms with Gasteiger partial charge < -0.3 is 19.7 Å². The molecule has 0 bridgehead atoms. The summed E-state index contributed by atoms with van der Waals surface area (Å²) >= 11 is 0. The third kappa shape index (κ3) is 3.26. The number of hydrogen-bond acceptors (Lipinski definition) is 4. The van der Waals surface area contributed by atoms with Gasteiger partial charge in [-0.25, -0.2) is 0 Å². The van der Waals surface area contributed by atoms with E-state index in [4.69, 9.17) is 9.47 Å². The number of aliphatic hydroxyl groups excluding tert-OH is 1. The van der Waals surface area contributed by atoms with Crippen molar-refractivity contribution in [3.05, 3.63) is 29.8 Å². The first kappa shape index (κ1) is 14.3. The highest BCUT2D eigenvalue weighted by molar-refractivity contribution is 5.36. The summed E-state index contributed by atoms with van der Waals surface area (Å²) in [6.45, 7) is 0.924. The second-order valence-corrected chi connectivity index (χ2v) is 5.09. The molecule has 0 aliphatic heterocycles. The van der Waals surface area contributed by atoms with Crippen LogP contribution in [0.25, 0.3) is 0 Å². The Labute approximate surface area is 114 Å². The van der Waals surface area contributed by atoms with Crippen molar-refractivity contribution < 1.29 is 19.7 Å². The molecule has 1 aromatic rings. The number of benzene rings is 1. The smallest absolute Gasteiger partial charge is 0.125 e. The number of para-hydroxylation sites is 1. The van der Waals surface area contributed by atoms with Crippen LogP contribution < -0.4 is 4.74 Å².